The van der Waals surface area contributed by atoms with Crippen molar-refractivity contribution in [3.05, 3.63) is 0 Å². The van der Waals surface area contributed by atoms with Crippen LogP contribution in [0.15, 0.2) is 0 Å². The minimum atomic E-state index is -0.627. The average molecular weight is 336 g/mol. The highest BCUT2D eigenvalue weighted by Gasteiger charge is 2.62. The Labute approximate surface area is 148 Å². The van der Waals surface area contributed by atoms with Crippen molar-refractivity contribution in [1.82, 2.24) is 0 Å². The summed E-state index contributed by atoms with van der Waals surface area (Å²) >= 11 is 0. The van der Waals surface area contributed by atoms with Crippen LogP contribution in [0.1, 0.15) is 73.6 Å². The summed E-state index contributed by atoms with van der Waals surface area (Å²) in [5, 5.41) is 0. The van der Waals surface area contributed by atoms with E-state index in [-0.39, 0.29) is 17.6 Å². The van der Waals surface area contributed by atoms with Gasteiger partial charge in [-0.15, -0.1) is 0 Å². The van der Waals surface area contributed by atoms with Gasteiger partial charge in [0.05, 0.1) is 5.41 Å². The smallest absolute Gasteiger partial charge is 0.313 e. The number of nitrogens with two attached hydrogens (primary N) is 1. The standard InChI is InChI=1S/C21H37NO2/c1-12(2)13(3)21(24-19(23)20(5,6)14(4)22)17-8-15-7-16(10-17)11-18(21)9-15/h12-18H,7-11,22H2,1-6H3. The highest BCUT2D eigenvalue weighted by Crippen LogP contribution is 2.62. The molecule has 0 heterocycles. The molecule has 4 bridgehead atoms. The molecule has 0 aromatic carbocycles. The van der Waals surface area contributed by atoms with E-state index >= 15 is 0 Å². The summed E-state index contributed by atoms with van der Waals surface area (Å²) in [6, 6.07) is -0.201. The van der Waals surface area contributed by atoms with Crippen LogP contribution in [0.2, 0.25) is 0 Å². The maximum atomic E-state index is 13.1. The van der Waals surface area contributed by atoms with E-state index in [2.05, 4.69) is 20.8 Å². The zero-order valence-corrected chi connectivity index (χ0v) is 16.5. The largest absolute Gasteiger partial charge is 0.458 e. The summed E-state index contributed by atoms with van der Waals surface area (Å²) in [5.74, 6) is 3.70. The Morgan fingerprint density at radius 1 is 1.00 bits per heavy atom. The number of hydrogen-bond donors (Lipinski definition) is 1. The third-order valence-corrected chi connectivity index (χ3v) is 8.06. The molecule has 0 saturated heterocycles. The quantitative estimate of drug-likeness (QED) is 0.758. The Bertz CT molecular complexity index is 466. The van der Waals surface area contributed by atoms with E-state index in [9.17, 15) is 4.79 Å². The molecule has 3 heteroatoms. The summed E-state index contributed by atoms with van der Waals surface area (Å²) in [6.07, 6.45) is 6.45. The molecule has 4 saturated carbocycles. The molecule has 0 amide bonds. The first-order valence-electron chi connectivity index (χ1n) is 10.1. The van der Waals surface area contributed by atoms with Crippen molar-refractivity contribution >= 4 is 5.97 Å². The molecule has 2 N–H and O–H groups in total. The first-order valence-corrected chi connectivity index (χ1v) is 10.1. The number of ether oxygens (including phenoxy) is 1. The minimum absolute atomic E-state index is 0.0857. The van der Waals surface area contributed by atoms with Gasteiger partial charge in [-0.1, -0.05) is 20.8 Å². The van der Waals surface area contributed by atoms with E-state index < -0.39 is 5.41 Å². The second-order valence-corrected chi connectivity index (χ2v) is 10.1. The van der Waals surface area contributed by atoms with E-state index in [0.717, 1.165) is 11.8 Å². The van der Waals surface area contributed by atoms with Crippen LogP contribution in [0.5, 0.6) is 0 Å². The van der Waals surface area contributed by atoms with Gasteiger partial charge in [-0.05, 0) is 88.4 Å². The predicted molar refractivity (Wildman–Crippen MR) is 97.3 cm³/mol. The van der Waals surface area contributed by atoms with E-state index in [1.807, 2.05) is 20.8 Å². The monoisotopic (exact) mass is 335 g/mol. The lowest BCUT2D eigenvalue weighted by molar-refractivity contribution is -0.238. The fraction of sp³-hybridized carbons (Fsp3) is 0.952. The maximum Gasteiger partial charge on any atom is 0.313 e. The Kier molecular flexibility index (Phi) is 4.56. The second-order valence-electron chi connectivity index (χ2n) is 10.1. The molecule has 3 nitrogen and oxygen atoms in total. The summed E-state index contributed by atoms with van der Waals surface area (Å²) in [5.41, 5.74) is 5.21. The number of hydrogen-bond acceptors (Lipinski definition) is 3. The molecule has 4 aliphatic rings. The highest BCUT2D eigenvalue weighted by molar-refractivity contribution is 5.77. The fourth-order valence-electron chi connectivity index (χ4n) is 5.92. The molecule has 2 unspecified atom stereocenters. The molecule has 4 fully saturated rings. The van der Waals surface area contributed by atoms with Gasteiger partial charge in [-0.3, -0.25) is 4.79 Å². The van der Waals surface area contributed by atoms with Gasteiger partial charge >= 0.3 is 5.97 Å². The van der Waals surface area contributed by atoms with Crippen LogP contribution in [0, 0.1) is 40.9 Å². The zero-order chi connectivity index (χ0) is 17.9. The Morgan fingerprint density at radius 2 is 1.46 bits per heavy atom. The van der Waals surface area contributed by atoms with Crippen molar-refractivity contribution in [3.8, 4) is 0 Å². The molecule has 0 aromatic rings. The van der Waals surface area contributed by atoms with E-state index in [4.69, 9.17) is 10.5 Å². The third kappa shape index (κ3) is 2.62. The molecule has 4 rings (SSSR count). The van der Waals surface area contributed by atoms with Crippen molar-refractivity contribution in [1.29, 1.82) is 0 Å². The molecule has 0 aliphatic heterocycles. The van der Waals surface area contributed by atoms with E-state index in [1.54, 1.807) is 0 Å². The SMILES string of the molecule is CC(C)C(C)C1(OC(=O)C(C)(C)C(C)N)C2CC3CC(C2)CC1C3. The van der Waals surface area contributed by atoms with Crippen LogP contribution in [0.4, 0.5) is 0 Å². The maximum absolute atomic E-state index is 13.1. The van der Waals surface area contributed by atoms with Crippen molar-refractivity contribution in [2.24, 2.45) is 46.7 Å². The Morgan fingerprint density at radius 3 is 1.83 bits per heavy atom. The van der Waals surface area contributed by atoms with Crippen LogP contribution in [-0.4, -0.2) is 17.6 Å². The molecule has 0 radical (unpaired) electrons. The van der Waals surface area contributed by atoms with Gasteiger partial charge in [0.2, 0.25) is 0 Å². The molecule has 0 spiro atoms. The topological polar surface area (TPSA) is 52.3 Å². The highest BCUT2D eigenvalue weighted by atomic mass is 16.6. The second kappa shape index (κ2) is 6.00. The fourth-order valence-corrected chi connectivity index (χ4v) is 5.92. The summed E-state index contributed by atoms with van der Waals surface area (Å²) in [6.45, 7) is 12.7. The molecular formula is C21H37NO2. The van der Waals surface area contributed by atoms with Crippen molar-refractivity contribution in [3.63, 3.8) is 0 Å². The third-order valence-electron chi connectivity index (χ3n) is 8.06. The number of esters is 1. The van der Waals surface area contributed by atoms with Crippen molar-refractivity contribution in [2.45, 2.75) is 85.3 Å². The molecule has 24 heavy (non-hydrogen) atoms. The molecule has 138 valence electrons. The molecule has 0 aromatic heterocycles. The summed E-state index contributed by atoms with van der Waals surface area (Å²) in [7, 11) is 0. The first kappa shape index (κ1) is 18.2. The molecule has 4 aliphatic carbocycles. The van der Waals surface area contributed by atoms with Crippen molar-refractivity contribution < 1.29 is 9.53 Å². The number of carbonyl (C=O) groups excluding carboxylic acids is 1. The molecular weight excluding hydrogens is 298 g/mol. The van der Waals surface area contributed by atoms with E-state index in [0.29, 0.717) is 23.7 Å². The normalized spacial score (nSPS) is 40.7. The van der Waals surface area contributed by atoms with Crippen molar-refractivity contribution in [2.75, 3.05) is 0 Å². The van der Waals surface area contributed by atoms with Crippen LogP contribution < -0.4 is 5.73 Å². The van der Waals surface area contributed by atoms with Crippen LogP contribution in [0.3, 0.4) is 0 Å². The van der Waals surface area contributed by atoms with Crippen LogP contribution >= 0.6 is 0 Å². The lowest BCUT2D eigenvalue weighted by Gasteiger charge is -2.63. The van der Waals surface area contributed by atoms with Gasteiger partial charge in [-0.25, -0.2) is 0 Å². The lowest BCUT2D eigenvalue weighted by Crippen LogP contribution is -2.64. The van der Waals surface area contributed by atoms with Crippen LogP contribution in [0.25, 0.3) is 0 Å². The van der Waals surface area contributed by atoms with E-state index in [1.165, 1.54) is 32.1 Å². The van der Waals surface area contributed by atoms with Gasteiger partial charge in [0, 0.05) is 6.04 Å². The van der Waals surface area contributed by atoms with Crippen LogP contribution in [-0.2, 0) is 9.53 Å². The average Bonchev–Trinajstić information content (AvgIpc) is 2.49. The Balaban J connectivity index is 1.94. The predicted octanol–water partition coefficient (Wildman–Crippen LogP) is 4.39. The van der Waals surface area contributed by atoms with Gasteiger partial charge in [0.25, 0.3) is 0 Å². The first-order chi connectivity index (χ1) is 11.1. The summed E-state index contributed by atoms with van der Waals surface area (Å²) in [4.78, 5) is 13.1. The van der Waals surface area contributed by atoms with Gasteiger partial charge in [0.1, 0.15) is 5.60 Å². The summed E-state index contributed by atoms with van der Waals surface area (Å²) < 4.78 is 6.55. The zero-order valence-electron chi connectivity index (χ0n) is 16.5. The van der Waals surface area contributed by atoms with Gasteiger partial charge in [-0.2, -0.15) is 0 Å². The number of rotatable bonds is 5. The van der Waals surface area contributed by atoms with Gasteiger partial charge < -0.3 is 10.5 Å². The van der Waals surface area contributed by atoms with Gasteiger partial charge in [0.15, 0.2) is 0 Å². The lowest BCUT2D eigenvalue weighted by atomic mass is 9.46. The Hall–Kier alpha value is -0.570. The number of carbonyl (C=O) groups is 1. The minimum Gasteiger partial charge on any atom is -0.458 e. The molecule has 2 atom stereocenters.